The molecular weight excluding hydrogens is 469 g/mol. The van der Waals surface area contributed by atoms with E-state index in [9.17, 15) is 4.79 Å². The SMILES string of the molecule is CCOc1cc2c(cc1CNC1C(c3ccccc3)NC3CCCC31)C(C)(C)C(=O)N2C.Cl.Cl. The van der Waals surface area contributed by atoms with Crippen LogP contribution in [0, 0.1) is 5.92 Å². The van der Waals surface area contributed by atoms with Gasteiger partial charge in [-0.3, -0.25) is 4.79 Å². The Bertz CT molecular complexity index is 1010. The molecule has 0 aromatic heterocycles. The van der Waals surface area contributed by atoms with E-state index in [0.717, 1.165) is 29.1 Å². The first-order chi connectivity index (χ1) is 15.4. The third-order valence-corrected chi connectivity index (χ3v) is 7.82. The summed E-state index contributed by atoms with van der Waals surface area (Å²) in [6.45, 7) is 7.39. The van der Waals surface area contributed by atoms with E-state index >= 15 is 0 Å². The average Bonchev–Trinajstić information content (AvgIpc) is 3.43. The number of fused-ring (bicyclic) bond motifs is 2. The summed E-state index contributed by atoms with van der Waals surface area (Å²) in [6.07, 6.45) is 3.83. The number of likely N-dealkylation sites (N-methyl/N-ethyl adjacent to an activating group) is 1. The first-order valence-corrected chi connectivity index (χ1v) is 12.0. The summed E-state index contributed by atoms with van der Waals surface area (Å²) in [6, 6.07) is 16.4. The fourth-order valence-electron chi connectivity index (χ4n) is 6.13. The van der Waals surface area contributed by atoms with E-state index in [1.54, 1.807) is 4.90 Å². The quantitative estimate of drug-likeness (QED) is 0.569. The second-order valence-corrected chi connectivity index (χ2v) is 10.1. The van der Waals surface area contributed by atoms with Gasteiger partial charge in [0.25, 0.3) is 0 Å². The van der Waals surface area contributed by atoms with Crippen LogP contribution in [0.15, 0.2) is 42.5 Å². The fourth-order valence-corrected chi connectivity index (χ4v) is 6.13. The number of rotatable bonds is 6. The highest BCUT2D eigenvalue weighted by Crippen LogP contribution is 2.45. The van der Waals surface area contributed by atoms with Gasteiger partial charge in [-0.15, -0.1) is 24.8 Å². The normalized spacial score (nSPS) is 26.5. The van der Waals surface area contributed by atoms with Gasteiger partial charge < -0.3 is 20.3 Å². The molecule has 34 heavy (non-hydrogen) atoms. The summed E-state index contributed by atoms with van der Waals surface area (Å²) < 4.78 is 6.03. The Balaban J connectivity index is 0.00000162. The van der Waals surface area contributed by atoms with Crippen LogP contribution >= 0.6 is 24.8 Å². The zero-order valence-corrected chi connectivity index (χ0v) is 22.1. The van der Waals surface area contributed by atoms with Crippen molar-refractivity contribution < 1.29 is 9.53 Å². The zero-order chi connectivity index (χ0) is 22.5. The lowest BCUT2D eigenvalue weighted by Crippen LogP contribution is -2.38. The zero-order valence-electron chi connectivity index (χ0n) is 20.5. The number of halogens is 2. The molecule has 2 fully saturated rings. The van der Waals surface area contributed by atoms with Crippen molar-refractivity contribution in [2.45, 2.75) is 70.1 Å². The van der Waals surface area contributed by atoms with Gasteiger partial charge in [-0.1, -0.05) is 36.8 Å². The van der Waals surface area contributed by atoms with E-state index in [0.29, 0.717) is 30.7 Å². The lowest BCUT2D eigenvalue weighted by molar-refractivity contribution is -0.121. The molecule has 5 nitrogen and oxygen atoms in total. The summed E-state index contributed by atoms with van der Waals surface area (Å²) in [4.78, 5) is 14.6. The maximum absolute atomic E-state index is 12.8. The molecular formula is C27H37Cl2N3O2. The molecule has 0 spiro atoms. The molecule has 5 rings (SSSR count). The molecule has 4 atom stereocenters. The van der Waals surface area contributed by atoms with Gasteiger partial charge in [0.15, 0.2) is 0 Å². The number of ether oxygens (including phenoxy) is 1. The van der Waals surface area contributed by atoms with Crippen molar-refractivity contribution in [1.82, 2.24) is 10.6 Å². The second kappa shape index (κ2) is 10.4. The highest BCUT2D eigenvalue weighted by atomic mass is 35.5. The first-order valence-electron chi connectivity index (χ1n) is 12.0. The minimum Gasteiger partial charge on any atom is -0.493 e. The van der Waals surface area contributed by atoms with Crippen LogP contribution in [0.2, 0.25) is 0 Å². The van der Waals surface area contributed by atoms with Crippen LogP contribution in [-0.4, -0.2) is 31.6 Å². The molecule has 0 radical (unpaired) electrons. The Morgan fingerprint density at radius 1 is 1.15 bits per heavy atom. The predicted octanol–water partition coefficient (Wildman–Crippen LogP) is 5.15. The molecule has 1 saturated carbocycles. The number of nitrogens with zero attached hydrogens (tertiary/aromatic N) is 1. The third-order valence-electron chi connectivity index (χ3n) is 7.82. The summed E-state index contributed by atoms with van der Waals surface area (Å²) in [5.41, 5.74) is 4.03. The van der Waals surface area contributed by atoms with Gasteiger partial charge in [0.1, 0.15) is 5.75 Å². The molecule has 1 amide bonds. The van der Waals surface area contributed by atoms with Crippen LogP contribution in [0.4, 0.5) is 5.69 Å². The van der Waals surface area contributed by atoms with Crippen LogP contribution in [0.5, 0.6) is 5.75 Å². The molecule has 2 N–H and O–H groups in total. The van der Waals surface area contributed by atoms with Crippen LogP contribution < -0.4 is 20.3 Å². The van der Waals surface area contributed by atoms with Crippen molar-refractivity contribution in [3.63, 3.8) is 0 Å². The Kier molecular flexibility index (Phi) is 8.24. The number of carbonyl (C=O) groups is 1. The summed E-state index contributed by atoms with van der Waals surface area (Å²) >= 11 is 0. The van der Waals surface area contributed by atoms with E-state index < -0.39 is 5.41 Å². The number of anilines is 1. The minimum absolute atomic E-state index is 0. The fraction of sp³-hybridized carbons (Fsp3) is 0.519. The van der Waals surface area contributed by atoms with Crippen LogP contribution in [0.1, 0.15) is 62.8 Å². The van der Waals surface area contributed by atoms with E-state index in [-0.39, 0.29) is 30.7 Å². The number of hydrogen-bond donors (Lipinski definition) is 2. The number of nitrogens with one attached hydrogen (secondary N) is 2. The van der Waals surface area contributed by atoms with Crippen molar-refractivity contribution in [3.05, 3.63) is 59.2 Å². The van der Waals surface area contributed by atoms with Gasteiger partial charge >= 0.3 is 0 Å². The Morgan fingerprint density at radius 2 is 1.88 bits per heavy atom. The average molecular weight is 507 g/mol. The third kappa shape index (κ3) is 4.44. The largest absolute Gasteiger partial charge is 0.493 e. The lowest BCUT2D eigenvalue weighted by Gasteiger charge is -2.26. The second-order valence-electron chi connectivity index (χ2n) is 10.1. The number of hydrogen-bond acceptors (Lipinski definition) is 4. The number of benzene rings is 2. The van der Waals surface area contributed by atoms with Crippen molar-refractivity contribution in [2.24, 2.45) is 5.92 Å². The standard InChI is InChI=1S/C27H35N3O2.2ClH/c1-5-32-23-15-22-20(27(2,3)26(31)30(22)4)14-18(23)16-28-25-19-12-9-13-21(19)29-24(25)17-10-7-6-8-11-17;;/h6-8,10-11,14-15,19,21,24-25,28-29H,5,9,12-13,16H2,1-4H3;2*1H. The Morgan fingerprint density at radius 3 is 2.59 bits per heavy atom. The highest BCUT2D eigenvalue weighted by Gasteiger charge is 2.46. The topological polar surface area (TPSA) is 53.6 Å². The van der Waals surface area contributed by atoms with Crippen molar-refractivity contribution >= 4 is 36.4 Å². The first kappa shape index (κ1) is 26.8. The van der Waals surface area contributed by atoms with E-state index in [1.165, 1.54) is 24.8 Å². The van der Waals surface area contributed by atoms with E-state index in [2.05, 4.69) is 53.1 Å². The molecule has 4 unspecified atom stereocenters. The molecule has 186 valence electrons. The smallest absolute Gasteiger partial charge is 0.236 e. The summed E-state index contributed by atoms with van der Waals surface area (Å²) in [7, 11) is 1.86. The van der Waals surface area contributed by atoms with Crippen LogP contribution in [0.3, 0.4) is 0 Å². The van der Waals surface area contributed by atoms with E-state index in [1.807, 2.05) is 27.8 Å². The molecule has 1 aliphatic carbocycles. The van der Waals surface area contributed by atoms with Crippen molar-refractivity contribution in [1.29, 1.82) is 0 Å². The molecule has 2 aromatic rings. The highest BCUT2D eigenvalue weighted by molar-refractivity contribution is 6.07. The van der Waals surface area contributed by atoms with Gasteiger partial charge in [0.2, 0.25) is 5.91 Å². The van der Waals surface area contributed by atoms with Crippen LogP contribution in [0.25, 0.3) is 0 Å². The predicted molar refractivity (Wildman–Crippen MR) is 143 cm³/mol. The van der Waals surface area contributed by atoms with Gasteiger partial charge in [-0.05, 0) is 56.7 Å². The Labute approximate surface area is 215 Å². The maximum Gasteiger partial charge on any atom is 0.236 e. The summed E-state index contributed by atoms with van der Waals surface area (Å²) in [5.74, 6) is 1.66. The molecule has 7 heteroatoms. The molecule has 3 aliphatic rings. The molecule has 2 aromatic carbocycles. The van der Waals surface area contributed by atoms with Crippen LogP contribution in [-0.2, 0) is 16.8 Å². The van der Waals surface area contributed by atoms with Gasteiger partial charge in [0, 0.05) is 43.3 Å². The minimum atomic E-state index is -0.512. The van der Waals surface area contributed by atoms with Crippen molar-refractivity contribution in [2.75, 3.05) is 18.6 Å². The molecule has 0 bridgehead atoms. The molecule has 2 aliphatic heterocycles. The van der Waals surface area contributed by atoms with Gasteiger partial charge in [-0.2, -0.15) is 0 Å². The maximum atomic E-state index is 12.8. The number of carbonyl (C=O) groups excluding carboxylic acids is 1. The Hall–Kier alpha value is -1.79. The van der Waals surface area contributed by atoms with Gasteiger partial charge in [-0.25, -0.2) is 0 Å². The molecule has 1 saturated heterocycles. The van der Waals surface area contributed by atoms with Crippen molar-refractivity contribution in [3.8, 4) is 5.75 Å². The van der Waals surface area contributed by atoms with E-state index in [4.69, 9.17) is 4.74 Å². The lowest BCUT2D eigenvalue weighted by atomic mass is 9.85. The number of amides is 1. The molecule has 2 heterocycles. The monoisotopic (exact) mass is 505 g/mol. The van der Waals surface area contributed by atoms with Gasteiger partial charge in [0.05, 0.1) is 17.7 Å². The summed E-state index contributed by atoms with van der Waals surface area (Å²) in [5, 5.41) is 7.83.